The molecule has 0 bridgehead atoms. The largest absolute Gasteiger partial charge is 0.478 e. The van der Waals surface area contributed by atoms with E-state index in [0.29, 0.717) is 6.42 Å². The lowest BCUT2D eigenvalue weighted by Crippen LogP contribution is -2.37. The van der Waals surface area contributed by atoms with Crippen molar-refractivity contribution in [3.63, 3.8) is 0 Å². The molecule has 3 N–H and O–H groups in total. The van der Waals surface area contributed by atoms with Crippen molar-refractivity contribution < 1.29 is 14.7 Å². The predicted octanol–water partition coefficient (Wildman–Crippen LogP) is 2.31. The molecule has 19 heavy (non-hydrogen) atoms. The lowest BCUT2D eigenvalue weighted by molar-refractivity contribution is 0.0698. The van der Waals surface area contributed by atoms with Gasteiger partial charge in [0.25, 0.3) is 0 Å². The standard InChI is InChI=1S/C14H16N2O3/c1-3-7-10(4-2)15-14(19)16-12-9-6-5-8-11(12)13(17)18/h2,5-6,8-10H,3,7H2,1H3,(H,17,18)(H2,15,16,19). The molecule has 0 radical (unpaired) electrons. The van der Waals surface area contributed by atoms with Gasteiger partial charge in [0.2, 0.25) is 0 Å². The highest BCUT2D eigenvalue weighted by molar-refractivity contribution is 6.00. The van der Waals surface area contributed by atoms with Gasteiger partial charge in [0, 0.05) is 0 Å². The van der Waals surface area contributed by atoms with Crippen LogP contribution in [0, 0.1) is 12.3 Å². The molecular weight excluding hydrogens is 244 g/mol. The fraction of sp³-hybridized carbons (Fsp3) is 0.286. The molecule has 1 aromatic carbocycles. The van der Waals surface area contributed by atoms with E-state index in [1.165, 1.54) is 12.1 Å². The molecule has 0 saturated carbocycles. The summed E-state index contributed by atoms with van der Waals surface area (Å²) in [5.41, 5.74) is 0.269. The van der Waals surface area contributed by atoms with Crippen molar-refractivity contribution in [2.45, 2.75) is 25.8 Å². The molecule has 1 aromatic rings. The van der Waals surface area contributed by atoms with E-state index in [4.69, 9.17) is 11.5 Å². The molecular formula is C14H16N2O3. The number of hydrogen-bond donors (Lipinski definition) is 3. The van der Waals surface area contributed by atoms with Crippen LogP contribution >= 0.6 is 0 Å². The smallest absolute Gasteiger partial charge is 0.337 e. The Kier molecular flexibility index (Phi) is 5.42. The number of benzene rings is 1. The molecule has 1 unspecified atom stereocenters. The molecule has 1 atom stereocenters. The molecule has 0 heterocycles. The summed E-state index contributed by atoms with van der Waals surface area (Å²) in [7, 11) is 0. The SMILES string of the molecule is C#CC(CCC)NC(=O)Nc1ccccc1C(=O)O. The van der Waals surface area contributed by atoms with Crippen molar-refractivity contribution in [3.05, 3.63) is 29.8 Å². The minimum absolute atomic E-state index is 0.0328. The Hall–Kier alpha value is -2.48. The minimum atomic E-state index is -1.10. The van der Waals surface area contributed by atoms with Crippen LogP contribution in [-0.2, 0) is 0 Å². The van der Waals surface area contributed by atoms with E-state index < -0.39 is 12.0 Å². The molecule has 0 spiro atoms. The number of carbonyl (C=O) groups excluding carboxylic acids is 1. The van der Waals surface area contributed by atoms with Crippen molar-refractivity contribution in [2.24, 2.45) is 0 Å². The zero-order chi connectivity index (χ0) is 14.3. The number of aromatic carboxylic acids is 1. The average Bonchev–Trinajstić information content (AvgIpc) is 2.38. The van der Waals surface area contributed by atoms with Crippen LogP contribution in [0.4, 0.5) is 10.5 Å². The van der Waals surface area contributed by atoms with Gasteiger partial charge in [-0.1, -0.05) is 31.4 Å². The molecule has 5 heteroatoms. The average molecular weight is 260 g/mol. The quantitative estimate of drug-likeness (QED) is 0.711. The zero-order valence-corrected chi connectivity index (χ0v) is 10.6. The summed E-state index contributed by atoms with van der Waals surface area (Å²) < 4.78 is 0. The van der Waals surface area contributed by atoms with E-state index in [0.717, 1.165) is 6.42 Å². The highest BCUT2D eigenvalue weighted by Crippen LogP contribution is 2.14. The van der Waals surface area contributed by atoms with Gasteiger partial charge in [0.05, 0.1) is 17.3 Å². The second kappa shape index (κ2) is 7.07. The van der Waals surface area contributed by atoms with Crippen molar-refractivity contribution in [3.8, 4) is 12.3 Å². The predicted molar refractivity (Wildman–Crippen MR) is 73.1 cm³/mol. The molecule has 0 aliphatic rings. The summed E-state index contributed by atoms with van der Waals surface area (Å²) >= 11 is 0. The first-order chi connectivity index (χ1) is 9.08. The van der Waals surface area contributed by atoms with Gasteiger partial charge in [-0.2, -0.15) is 0 Å². The van der Waals surface area contributed by atoms with Gasteiger partial charge in [0.1, 0.15) is 0 Å². The van der Waals surface area contributed by atoms with Gasteiger partial charge in [-0.05, 0) is 18.6 Å². The summed E-state index contributed by atoms with van der Waals surface area (Å²) in [6, 6.07) is 5.31. The first-order valence-electron chi connectivity index (χ1n) is 5.94. The normalized spacial score (nSPS) is 11.2. The Bertz CT molecular complexity index is 506. The van der Waals surface area contributed by atoms with Crippen molar-refractivity contribution in [2.75, 3.05) is 5.32 Å². The van der Waals surface area contributed by atoms with Crippen LogP contribution in [0.1, 0.15) is 30.1 Å². The fourth-order valence-corrected chi connectivity index (χ4v) is 1.58. The van der Waals surface area contributed by atoms with E-state index in [9.17, 15) is 9.59 Å². The highest BCUT2D eigenvalue weighted by Gasteiger charge is 2.13. The van der Waals surface area contributed by atoms with Gasteiger partial charge in [-0.3, -0.25) is 0 Å². The van der Waals surface area contributed by atoms with Crippen molar-refractivity contribution in [1.29, 1.82) is 0 Å². The van der Waals surface area contributed by atoms with Crippen LogP contribution in [0.5, 0.6) is 0 Å². The van der Waals surface area contributed by atoms with Crippen molar-refractivity contribution >= 4 is 17.7 Å². The van der Waals surface area contributed by atoms with Gasteiger partial charge in [0.15, 0.2) is 0 Å². The third kappa shape index (κ3) is 4.36. The Balaban J connectivity index is 2.72. The van der Waals surface area contributed by atoms with Crippen LogP contribution < -0.4 is 10.6 Å². The van der Waals surface area contributed by atoms with Gasteiger partial charge in [-0.25, -0.2) is 9.59 Å². The molecule has 0 aliphatic carbocycles. The number of carbonyl (C=O) groups is 2. The number of rotatable bonds is 5. The first-order valence-corrected chi connectivity index (χ1v) is 5.94. The summed E-state index contributed by atoms with van der Waals surface area (Å²) in [4.78, 5) is 22.7. The number of carboxylic acids is 1. The van der Waals surface area contributed by atoms with E-state index >= 15 is 0 Å². The second-order valence-electron chi connectivity index (χ2n) is 3.96. The molecule has 0 aliphatic heterocycles. The monoisotopic (exact) mass is 260 g/mol. The molecule has 5 nitrogen and oxygen atoms in total. The topological polar surface area (TPSA) is 78.4 Å². The van der Waals surface area contributed by atoms with E-state index in [1.807, 2.05) is 6.92 Å². The lowest BCUT2D eigenvalue weighted by atomic mass is 10.1. The maximum Gasteiger partial charge on any atom is 0.337 e. The van der Waals surface area contributed by atoms with Crippen LogP contribution in [0.2, 0.25) is 0 Å². The number of para-hydroxylation sites is 1. The highest BCUT2D eigenvalue weighted by atomic mass is 16.4. The number of carboxylic acid groups (broad SMARTS) is 1. The van der Waals surface area contributed by atoms with E-state index in [-0.39, 0.29) is 17.3 Å². The Morgan fingerprint density at radius 2 is 2.11 bits per heavy atom. The molecule has 0 aromatic heterocycles. The maximum absolute atomic E-state index is 11.7. The zero-order valence-electron chi connectivity index (χ0n) is 10.6. The summed E-state index contributed by atoms with van der Waals surface area (Å²) in [6.07, 6.45) is 6.81. The van der Waals surface area contributed by atoms with Gasteiger partial charge in [-0.15, -0.1) is 6.42 Å². The third-order valence-corrected chi connectivity index (χ3v) is 2.49. The van der Waals surface area contributed by atoms with Crippen LogP contribution in [0.15, 0.2) is 24.3 Å². The molecule has 100 valence electrons. The molecule has 0 fully saturated rings. The third-order valence-electron chi connectivity index (χ3n) is 2.49. The first kappa shape index (κ1) is 14.6. The number of amides is 2. The van der Waals surface area contributed by atoms with Crippen LogP contribution in [-0.4, -0.2) is 23.1 Å². The maximum atomic E-state index is 11.7. The van der Waals surface area contributed by atoms with Crippen molar-refractivity contribution in [1.82, 2.24) is 5.32 Å². The summed E-state index contributed by atoms with van der Waals surface area (Å²) in [5.74, 6) is 1.37. The molecule has 0 saturated heterocycles. The van der Waals surface area contributed by atoms with E-state index in [1.54, 1.807) is 12.1 Å². The molecule has 1 rings (SSSR count). The second-order valence-corrected chi connectivity index (χ2v) is 3.96. The van der Waals surface area contributed by atoms with Crippen LogP contribution in [0.3, 0.4) is 0 Å². The fourth-order valence-electron chi connectivity index (χ4n) is 1.58. The Labute approximate surface area is 112 Å². The summed E-state index contributed by atoms with van der Waals surface area (Å²) in [6.45, 7) is 1.96. The molecule has 2 amide bonds. The minimum Gasteiger partial charge on any atom is -0.478 e. The number of urea groups is 1. The Morgan fingerprint density at radius 3 is 2.68 bits per heavy atom. The number of anilines is 1. The number of hydrogen-bond acceptors (Lipinski definition) is 2. The van der Waals surface area contributed by atoms with Crippen LogP contribution in [0.25, 0.3) is 0 Å². The lowest BCUT2D eigenvalue weighted by Gasteiger charge is -2.14. The van der Waals surface area contributed by atoms with Gasteiger partial charge < -0.3 is 15.7 Å². The Morgan fingerprint density at radius 1 is 1.42 bits per heavy atom. The van der Waals surface area contributed by atoms with Gasteiger partial charge >= 0.3 is 12.0 Å². The van der Waals surface area contributed by atoms with E-state index in [2.05, 4.69) is 16.6 Å². The summed E-state index contributed by atoms with van der Waals surface area (Å²) in [5, 5.41) is 14.1. The number of nitrogens with one attached hydrogen (secondary N) is 2. The number of terminal acetylenes is 1.